The molecule has 0 aromatic heterocycles. The predicted octanol–water partition coefficient (Wildman–Crippen LogP) is 1.90. The first-order valence-corrected chi connectivity index (χ1v) is 7.41. The zero-order valence-electron chi connectivity index (χ0n) is 11.9. The van der Waals surface area contributed by atoms with E-state index in [-0.39, 0.29) is 23.7 Å². The Balaban J connectivity index is 2.03. The molecule has 2 saturated carbocycles. The number of carbonyl (C=O) groups is 1. The van der Waals surface area contributed by atoms with Crippen LogP contribution >= 0.6 is 0 Å². The summed E-state index contributed by atoms with van der Waals surface area (Å²) in [4.78, 5) is 12.3. The van der Waals surface area contributed by atoms with E-state index in [1.165, 1.54) is 0 Å². The van der Waals surface area contributed by atoms with Crippen molar-refractivity contribution >= 4 is 5.78 Å². The Labute approximate surface area is 114 Å². The van der Waals surface area contributed by atoms with E-state index in [9.17, 15) is 9.90 Å². The van der Waals surface area contributed by atoms with Crippen LogP contribution in [0.4, 0.5) is 0 Å². The summed E-state index contributed by atoms with van der Waals surface area (Å²) in [6, 6.07) is 0. The van der Waals surface area contributed by atoms with Crippen LogP contribution in [0.2, 0.25) is 0 Å². The Hall–Kier alpha value is -0.450. The third-order valence-electron chi connectivity index (χ3n) is 6.00. The molecule has 0 unspecified atom stereocenters. The second kappa shape index (κ2) is 4.27. The summed E-state index contributed by atoms with van der Waals surface area (Å²) < 4.78 is 12.0. The fraction of sp³-hybridized carbons (Fsp3) is 0.933. The molecule has 108 valence electrons. The van der Waals surface area contributed by atoms with Crippen LogP contribution in [0.3, 0.4) is 0 Å². The highest BCUT2D eigenvalue weighted by molar-refractivity contribution is 5.86. The monoisotopic (exact) mass is 268 g/mol. The summed E-state index contributed by atoms with van der Waals surface area (Å²) >= 11 is 0. The van der Waals surface area contributed by atoms with Gasteiger partial charge in [-0.2, -0.15) is 0 Å². The molecule has 1 aliphatic heterocycles. The lowest BCUT2D eigenvalue weighted by molar-refractivity contribution is -0.288. The normalized spacial score (nSPS) is 45.4. The molecule has 3 aliphatic rings. The Morgan fingerprint density at radius 2 is 1.95 bits per heavy atom. The van der Waals surface area contributed by atoms with Gasteiger partial charge >= 0.3 is 0 Å². The highest BCUT2D eigenvalue weighted by atomic mass is 16.7. The molecule has 4 nitrogen and oxygen atoms in total. The average molecular weight is 268 g/mol. The number of fused-ring (bicyclic) bond motifs is 2. The number of Topliss-reactive ketones (excluding diaryl/α,β-unsaturated/α-hetero) is 1. The van der Waals surface area contributed by atoms with Crippen LogP contribution in [0.5, 0.6) is 0 Å². The molecule has 0 aromatic rings. The molecule has 3 rings (SSSR count). The van der Waals surface area contributed by atoms with Crippen molar-refractivity contribution in [2.75, 3.05) is 19.8 Å². The minimum Gasteiger partial charge on any atom is -0.395 e. The van der Waals surface area contributed by atoms with E-state index in [1.807, 2.05) is 6.92 Å². The Kier molecular flexibility index (Phi) is 3.04. The van der Waals surface area contributed by atoms with Crippen LogP contribution < -0.4 is 0 Å². The van der Waals surface area contributed by atoms with Crippen molar-refractivity contribution < 1.29 is 19.4 Å². The number of ether oxygens (including phenoxy) is 2. The lowest BCUT2D eigenvalue weighted by atomic mass is 9.49. The van der Waals surface area contributed by atoms with Gasteiger partial charge in [0.2, 0.25) is 0 Å². The first-order chi connectivity index (χ1) is 8.98. The predicted molar refractivity (Wildman–Crippen MR) is 69.5 cm³/mol. The molecular weight excluding hydrogens is 244 g/mol. The summed E-state index contributed by atoms with van der Waals surface area (Å²) in [6.45, 7) is 5.34. The fourth-order valence-corrected chi connectivity index (χ4v) is 4.78. The number of rotatable bonds is 1. The van der Waals surface area contributed by atoms with E-state index in [1.54, 1.807) is 0 Å². The molecule has 1 spiro atoms. The summed E-state index contributed by atoms with van der Waals surface area (Å²) in [5, 5.41) is 9.80. The summed E-state index contributed by atoms with van der Waals surface area (Å²) in [5.41, 5.74) is -0.789. The van der Waals surface area contributed by atoms with Gasteiger partial charge in [0.1, 0.15) is 5.78 Å². The third-order valence-corrected chi connectivity index (χ3v) is 6.00. The van der Waals surface area contributed by atoms with Gasteiger partial charge in [0, 0.05) is 18.3 Å². The van der Waals surface area contributed by atoms with Crippen LogP contribution in [-0.4, -0.2) is 36.5 Å². The number of hydrogen-bond donors (Lipinski definition) is 1. The molecule has 2 aliphatic carbocycles. The molecule has 1 saturated heterocycles. The van der Waals surface area contributed by atoms with Gasteiger partial charge in [-0.05, 0) is 25.2 Å². The van der Waals surface area contributed by atoms with Crippen molar-refractivity contribution in [2.45, 2.75) is 51.7 Å². The fourth-order valence-electron chi connectivity index (χ4n) is 4.78. The zero-order valence-corrected chi connectivity index (χ0v) is 11.9. The van der Waals surface area contributed by atoms with E-state index in [0.717, 1.165) is 25.7 Å². The Bertz CT molecular complexity index is 388. The molecule has 1 N–H and O–H groups in total. The summed E-state index contributed by atoms with van der Waals surface area (Å²) in [7, 11) is 0. The molecule has 0 aromatic carbocycles. The van der Waals surface area contributed by atoms with Crippen molar-refractivity contribution in [2.24, 2.45) is 16.7 Å². The molecule has 0 radical (unpaired) electrons. The number of ketones is 1. The molecule has 3 fully saturated rings. The lowest BCUT2D eigenvalue weighted by Crippen LogP contribution is -2.63. The van der Waals surface area contributed by atoms with E-state index in [0.29, 0.717) is 19.6 Å². The number of aliphatic hydroxyl groups excluding tert-OH is 1. The van der Waals surface area contributed by atoms with Gasteiger partial charge in [-0.1, -0.05) is 13.8 Å². The molecule has 0 amide bonds. The molecule has 19 heavy (non-hydrogen) atoms. The number of aliphatic hydroxyl groups is 1. The smallest absolute Gasteiger partial charge is 0.174 e. The van der Waals surface area contributed by atoms with Crippen molar-refractivity contribution in [3.63, 3.8) is 0 Å². The van der Waals surface area contributed by atoms with Gasteiger partial charge < -0.3 is 14.6 Å². The van der Waals surface area contributed by atoms with Crippen molar-refractivity contribution in [1.29, 1.82) is 0 Å². The van der Waals surface area contributed by atoms with Gasteiger partial charge in [0.15, 0.2) is 5.79 Å². The van der Waals surface area contributed by atoms with Crippen LogP contribution in [0, 0.1) is 16.7 Å². The summed E-state index contributed by atoms with van der Waals surface area (Å²) in [6.07, 6.45) is 4.23. The van der Waals surface area contributed by atoms with Crippen LogP contribution in [-0.2, 0) is 14.3 Å². The van der Waals surface area contributed by atoms with E-state index in [2.05, 4.69) is 6.92 Å². The molecule has 0 bridgehead atoms. The standard InChI is InChI=1S/C15H24O4/c1-13(10-16)11-4-3-6-15(18-8-9-19-15)14(11,2)7-5-12(13)17/h11,16H,3-10H2,1-2H3/t11-,13-,14-/m0/s1. The average Bonchev–Trinajstić information content (AvgIpc) is 2.87. The topological polar surface area (TPSA) is 55.8 Å². The Morgan fingerprint density at radius 3 is 2.58 bits per heavy atom. The van der Waals surface area contributed by atoms with Crippen molar-refractivity contribution in [3.05, 3.63) is 0 Å². The highest BCUT2D eigenvalue weighted by Crippen LogP contribution is 2.62. The Morgan fingerprint density at radius 1 is 1.26 bits per heavy atom. The first-order valence-electron chi connectivity index (χ1n) is 7.41. The number of carbonyl (C=O) groups excluding carboxylic acids is 1. The van der Waals surface area contributed by atoms with Gasteiger partial charge in [-0.3, -0.25) is 4.79 Å². The quantitative estimate of drug-likeness (QED) is 0.789. The van der Waals surface area contributed by atoms with Crippen molar-refractivity contribution in [1.82, 2.24) is 0 Å². The van der Waals surface area contributed by atoms with Crippen LogP contribution in [0.25, 0.3) is 0 Å². The van der Waals surface area contributed by atoms with E-state index >= 15 is 0 Å². The van der Waals surface area contributed by atoms with Crippen molar-refractivity contribution in [3.8, 4) is 0 Å². The minimum atomic E-state index is -0.629. The van der Waals surface area contributed by atoms with Gasteiger partial charge in [0.25, 0.3) is 0 Å². The van der Waals surface area contributed by atoms with E-state index < -0.39 is 11.2 Å². The van der Waals surface area contributed by atoms with Crippen LogP contribution in [0.15, 0.2) is 0 Å². The molecule has 3 atom stereocenters. The second-order valence-electron chi connectivity index (χ2n) is 6.81. The lowest BCUT2D eigenvalue weighted by Gasteiger charge is -2.59. The molecule has 4 heteroatoms. The van der Waals surface area contributed by atoms with Gasteiger partial charge in [-0.15, -0.1) is 0 Å². The maximum absolute atomic E-state index is 12.3. The third kappa shape index (κ3) is 1.60. The highest BCUT2D eigenvalue weighted by Gasteiger charge is 2.65. The largest absolute Gasteiger partial charge is 0.395 e. The number of hydrogen-bond acceptors (Lipinski definition) is 4. The van der Waals surface area contributed by atoms with E-state index in [4.69, 9.17) is 9.47 Å². The molecule has 1 heterocycles. The minimum absolute atomic E-state index is 0.0673. The second-order valence-corrected chi connectivity index (χ2v) is 6.81. The maximum atomic E-state index is 12.3. The van der Waals surface area contributed by atoms with Gasteiger partial charge in [0.05, 0.1) is 25.2 Å². The SMILES string of the molecule is C[C@]12CCC(=O)[C@@](C)(CO)[C@@H]1CCCC21OCCO1. The summed E-state index contributed by atoms with van der Waals surface area (Å²) in [5.74, 6) is -0.168. The van der Waals surface area contributed by atoms with Crippen LogP contribution in [0.1, 0.15) is 46.0 Å². The maximum Gasteiger partial charge on any atom is 0.174 e. The zero-order chi connectivity index (χ0) is 13.7. The molecular formula is C15H24O4. The first kappa shape index (κ1) is 13.5. The van der Waals surface area contributed by atoms with Gasteiger partial charge in [-0.25, -0.2) is 0 Å².